The van der Waals surface area contributed by atoms with Gasteiger partial charge in [0.2, 0.25) is 5.91 Å². The highest BCUT2D eigenvalue weighted by Crippen LogP contribution is 2.44. The lowest BCUT2D eigenvalue weighted by atomic mass is 9.89. The number of nitrogens with zero attached hydrogens (tertiary/aromatic N) is 1. The van der Waals surface area contributed by atoms with Crippen LogP contribution >= 0.6 is 11.6 Å². The number of rotatable bonds is 7. The van der Waals surface area contributed by atoms with Gasteiger partial charge in [-0.05, 0) is 97.9 Å². The standard InChI is InChI=1S/C31H30ClN3O5/c1-17-12-19(17)5-9-26(29(38)33-22-7-3-18(4-8-22)30(39)40)35-16-25-24(14-27(35)36)23-13-21(32)6-2-20(23)15-31(10-11-31)34-28(25)37/h2-4,6-8,13-14,16-17,19,26H,5,9-12,15H2,1H3,(H,33,38)(H,34,37)(H,39,40). The van der Waals surface area contributed by atoms with Crippen molar-refractivity contribution in [2.24, 2.45) is 11.8 Å². The number of carboxylic acid groups (broad SMARTS) is 1. The number of benzene rings is 2. The average Bonchev–Trinajstić information content (AvgIpc) is 3.83. The van der Waals surface area contributed by atoms with Crippen molar-refractivity contribution in [1.82, 2.24) is 9.88 Å². The van der Waals surface area contributed by atoms with E-state index in [0.717, 1.165) is 36.8 Å². The van der Waals surface area contributed by atoms with Crippen LogP contribution in [0.4, 0.5) is 5.69 Å². The number of carboxylic acids is 1. The summed E-state index contributed by atoms with van der Waals surface area (Å²) in [6, 6.07) is 12.0. The fourth-order valence-corrected chi connectivity index (χ4v) is 5.98. The highest BCUT2D eigenvalue weighted by atomic mass is 35.5. The maximum absolute atomic E-state index is 13.6. The zero-order chi connectivity index (χ0) is 28.2. The topological polar surface area (TPSA) is 118 Å². The predicted molar refractivity (Wildman–Crippen MR) is 152 cm³/mol. The molecule has 2 saturated carbocycles. The molecule has 3 aromatic rings. The minimum atomic E-state index is -1.06. The minimum absolute atomic E-state index is 0.106. The number of aromatic nitrogens is 1. The molecule has 3 unspecified atom stereocenters. The molecule has 0 radical (unpaired) electrons. The Morgan fingerprint density at radius 1 is 1.10 bits per heavy atom. The van der Waals surface area contributed by atoms with Gasteiger partial charge in [-0.1, -0.05) is 24.6 Å². The lowest BCUT2D eigenvalue weighted by Crippen LogP contribution is -2.41. The van der Waals surface area contributed by atoms with Gasteiger partial charge in [0, 0.05) is 34.1 Å². The van der Waals surface area contributed by atoms with Crippen LogP contribution in [0.2, 0.25) is 5.02 Å². The molecule has 2 heterocycles. The van der Waals surface area contributed by atoms with Gasteiger partial charge in [-0.2, -0.15) is 0 Å². The molecule has 2 amide bonds. The molecular formula is C31H30ClN3O5. The summed E-state index contributed by atoms with van der Waals surface area (Å²) in [4.78, 5) is 52.0. The number of amides is 2. The van der Waals surface area contributed by atoms with E-state index in [0.29, 0.717) is 46.5 Å². The quantitative estimate of drug-likeness (QED) is 0.363. The summed E-state index contributed by atoms with van der Waals surface area (Å²) in [6.07, 6.45) is 6.23. The highest BCUT2D eigenvalue weighted by molar-refractivity contribution is 6.31. The molecule has 0 saturated heterocycles. The van der Waals surface area contributed by atoms with Crippen molar-refractivity contribution in [1.29, 1.82) is 0 Å². The molecule has 0 bridgehead atoms. The van der Waals surface area contributed by atoms with E-state index < -0.39 is 17.9 Å². The third-order valence-electron chi connectivity index (χ3n) is 8.57. The SMILES string of the molecule is CC1CC1CCC(C(=O)Nc1ccc(C(=O)O)cc1)n1cc2c(cc1=O)-c1cc(Cl)ccc1CC1(CC1)NC2=O. The summed E-state index contributed by atoms with van der Waals surface area (Å²) in [5.41, 5.74) is 2.46. The van der Waals surface area contributed by atoms with Crippen LogP contribution in [0.5, 0.6) is 0 Å². The first-order valence-electron chi connectivity index (χ1n) is 13.6. The number of hydrogen-bond acceptors (Lipinski definition) is 4. The first-order valence-corrected chi connectivity index (χ1v) is 14.0. The van der Waals surface area contributed by atoms with Gasteiger partial charge in [-0.3, -0.25) is 14.4 Å². The van der Waals surface area contributed by atoms with E-state index in [4.69, 9.17) is 11.6 Å². The molecular weight excluding hydrogens is 530 g/mol. The molecule has 8 nitrogen and oxygen atoms in total. The van der Waals surface area contributed by atoms with Crippen LogP contribution in [0, 0.1) is 11.8 Å². The van der Waals surface area contributed by atoms with Crippen LogP contribution in [-0.4, -0.2) is 33.0 Å². The summed E-state index contributed by atoms with van der Waals surface area (Å²) in [5.74, 6) is -0.646. The Bertz CT molecular complexity index is 1590. The number of fused-ring (bicyclic) bond motifs is 3. The molecule has 1 spiro atoms. The lowest BCUT2D eigenvalue weighted by Gasteiger charge is -2.26. The number of aromatic carboxylic acids is 1. The zero-order valence-corrected chi connectivity index (χ0v) is 22.8. The molecule has 1 aromatic heterocycles. The molecule has 9 heteroatoms. The summed E-state index contributed by atoms with van der Waals surface area (Å²) < 4.78 is 1.37. The molecule has 206 valence electrons. The Hall–Kier alpha value is -3.91. The molecule has 40 heavy (non-hydrogen) atoms. The Kier molecular flexibility index (Phi) is 6.53. The first-order chi connectivity index (χ1) is 19.1. The third-order valence-corrected chi connectivity index (χ3v) is 8.81. The van der Waals surface area contributed by atoms with Gasteiger partial charge in [0.15, 0.2) is 0 Å². The zero-order valence-electron chi connectivity index (χ0n) is 22.1. The largest absolute Gasteiger partial charge is 0.478 e. The molecule has 2 aliphatic carbocycles. The van der Waals surface area contributed by atoms with Crippen molar-refractivity contribution < 1.29 is 19.5 Å². The Labute approximate surface area is 236 Å². The number of nitrogens with one attached hydrogen (secondary N) is 2. The van der Waals surface area contributed by atoms with Crippen LogP contribution in [0.15, 0.2) is 59.5 Å². The molecule has 2 fully saturated rings. The normalized spacial score (nSPS) is 20.8. The van der Waals surface area contributed by atoms with Crippen LogP contribution in [0.3, 0.4) is 0 Å². The van der Waals surface area contributed by atoms with E-state index in [1.165, 1.54) is 41.1 Å². The average molecular weight is 560 g/mol. The van der Waals surface area contributed by atoms with E-state index in [9.17, 15) is 24.3 Å². The van der Waals surface area contributed by atoms with Crippen molar-refractivity contribution in [3.63, 3.8) is 0 Å². The van der Waals surface area contributed by atoms with Gasteiger partial charge in [0.05, 0.1) is 11.1 Å². The number of carbonyl (C=O) groups excluding carboxylic acids is 2. The van der Waals surface area contributed by atoms with Gasteiger partial charge in [-0.15, -0.1) is 0 Å². The van der Waals surface area contributed by atoms with Gasteiger partial charge in [0.1, 0.15) is 6.04 Å². The monoisotopic (exact) mass is 559 g/mol. The van der Waals surface area contributed by atoms with Crippen molar-refractivity contribution in [2.45, 2.75) is 57.0 Å². The maximum atomic E-state index is 13.6. The summed E-state index contributed by atoms with van der Waals surface area (Å²) >= 11 is 6.35. The van der Waals surface area contributed by atoms with Gasteiger partial charge < -0.3 is 20.3 Å². The number of pyridine rings is 1. The molecule has 3 atom stereocenters. The number of anilines is 1. The molecule has 2 aromatic carbocycles. The van der Waals surface area contributed by atoms with Crippen molar-refractivity contribution in [2.75, 3.05) is 5.32 Å². The molecule has 3 N–H and O–H groups in total. The number of carbonyl (C=O) groups is 3. The van der Waals surface area contributed by atoms with Crippen molar-refractivity contribution >= 4 is 35.1 Å². The van der Waals surface area contributed by atoms with Crippen LogP contribution in [0.25, 0.3) is 11.1 Å². The van der Waals surface area contributed by atoms with E-state index in [-0.39, 0.29) is 22.6 Å². The van der Waals surface area contributed by atoms with Crippen LogP contribution < -0.4 is 16.2 Å². The predicted octanol–water partition coefficient (Wildman–Crippen LogP) is 5.30. The third kappa shape index (κ3) is 5.16. The van der Waals surface area contributed by atoms with Crippen molar-refractivity contribution in [3.8, 4) is 11.1 Å². The lowest BCUT2D eigenvalue weighted by molar-refractivity contribution is -0.119. The second-order valence-electron chi connectivity index (χ2n) is 11.5. The van der Waals surface area contributed by atoms with Gasteiger partial charge in [0.25, 0.3) is 11.5 Å². The maximum Gasteiger partial charge on any atom is 0.335 e. The molecule has 6 rings (SSSR count). The summed E-state index contributed by atoms with van der Waals surface area (Å²) in [7, 11) is 0. The summed E-state index contributed by atoms with van der Waals surface area (Å²) in [6.45, 7) is 2.17. The Balaban J connectivity index is 1.39. The van der Waals surface area contributed by atoms with E-state index >= 15 is 0 Å². The second kappa shape index (κ2) is 9.93. The fourth-order valence-electron chi connectivity index (χ4n) is 5.81. The van der Waals surface area contributed by atoms with Crippen molar-refractivity contribution in [3.05, 3.63) is 86.8 Å². The Morgan fingerprint density at radius 3 is 2.48 bits per heavy atom. The van der Waals surface area contributed by atoms with Gasteiger partial charge >= 0.3 is 5.97 Å². The highest BCUT2D eigenvalue weighted by Gasteiger charge is 2.46. The van der Waals surface area contributed by atoms with Gasteiger partial charge in [-0.25, -0.2) is 4.79 Å². The molecule has 1 aliphatic heterocycles. The smallest absolute Gasteiger partial charge is 0.335 e. The van der Waals surface area contributed by atoms with E-state index in [2.05, 4.69) is 17.6 Å². The minimum Gasteiger partial charge on any atom is -0.478 e. The second-order valence-corrected chi connectivity index (χ2v) is 11.9. The summed E-state index contributed by atoms with van der Waals surface area (Å²) in [5, 5.41) is 15.7. The first kappa shape index (κ1) is 26.3. The van der Waals surface area contributed by atoms with E-state index in [1.54, 1.807) is 6.07 Å². The molecule has 3 aliphatic rings. The van der Waals surface area contributed by atoms with Crippen LogP contribution in [-0.2, 0) is 11.2 Å². The Morgan fingerprint density at radius 2 is 1.82 bits per heavy atom. The van der Waals surface area contributed by atoms with Crippen LogP contribution in [0.1, 0.15) is 71.3 Å². The number of halogens is 1. The fraction of sp³-hybridized carbons (Fsp3) is 0.355. The van der Waals surface area contributed by atoms with E-state index in [1.807, 2.05) is 12.1 Å². The number of hydrogen-bond donors (Lipinski definition) is 3.